The Morgan fingerprint density at radius 2 is 2.00 bits per heavy atom. The van der Waals surface area contributed by atoms with Crippen LogP contribution in [0.4, 0.5) is 0 Å². The molecular weight excluding hydrogens is 266 g/mol. The van der Waals surface area contributed by atoms with Crippen LogP contribution in [0.25, 0.3) is 0 Å². The van der Waals surface area contributed by atoms with E-state index in [0.29, 0.717) is 18.3 Å². The summed E-state index contributed by atoms with van der Waals surface area (Å²) in [6.07, 6.45) is 3.14. The fraction of sp³-hybridized carbons (Fsp3) is 0.667. The van der Waals surface area contributed by atoms with Crippen molar-refractivity contribution in [2.75, 3.05) is 39.3 Å². The smallest absolute Gasteiger partial charge is 0.271 e. The zero-order chi connectivity index (χ0) is 15.2. The molecule has 0 bridgehead atoms. The fourth-order valence-corrected chi connectivity index (χ4v) is 2.49. The molecule has 6 heteroatoms. The molecule has 1 saturated heterocycles. The molecule has 0 unspecified atom stereocenters. The summed E-state index contributed by atoms with van der Waals surface area (Å²) in [5.74, 6) is -0.151. The second kappa shape index (κ2) is 7.47. The molecule has 0 spiro atoms. The third-order valence-corrected chi connectivity index (χ3v) is 4.05. The standard InChI is InChI=1S/C15H25N5O/c1-4-19-5-7-20(8-6-19)13(3)10-18-15(21)14-11-16-12(2)9-17-14/h9,11,13H,4-8,10H2,1-3H3,(H,18,21)/t13-/m1/s1. The Labute approximate surface area is 126 Å². The lowest BCUT2D eigenvalue weighted by molar-refractivity contribution is 0.0878. The Bertz CT molecular complexity index is 454. The highest BCUT2D eigenvalue weighted by molar-refractivity contribution is 5.91. The highest BCUT2D eigenvalue weighted by Crippen LogP contribution is 2.05. The lowest BCUT2D eigenvalue weighted by atomic mass is 10.2. The first kappa shape index (κ1) is 15.9. The number of rotatable bonds is 5. The van der Waals surface area contributed by atoms with Gasteiger partial charge in [-0.15, -0.1) is 0 Å². The van der Waals surface area contributed by atoms with Crippen molar-refractivity contribution < 1.29 is 4.79 Å². The topological polar surface area (TPSA) is 61.4 Å². The quantitative estimate of drug-likeness (QED) is 0.858. The van der Waals surface area contributed by atoms with Crippen LogP contribution in [0.2, 0.25) is 0 Å². The van der Waals surface area contributed by atoms with Crippen molar-refractivity contribution in [3.8, 4) is 0 Å². The van der Waals surface area contributed by atoms with Crippen LogP contribution in [0.3, 0.4) is 0 Å². The van der Waals surface area contributed by atoms with Crippen LogP contribution in [0, 0.1) is 6.92 Å². The van der Waals surface area contributed by atoms with Gasteiger partial charge < -0.3 is 10.2 Å². The van der Waals surface area contributed by atoms with Crippen molar-refractivity contribution in [1.29, 1.82) is 0 Å². The summed E-state index contributed by atoms with van der Waals surface area (Å²) in [4.78, 5) is 25.1. The van der Waals surface area contributed by atoms with Gasteiger partial charge in [0.15, 0.2) is 0 Å². The molecule has 1 aliphatic heterocycles. The van der Waals surface area contributed by atoms with E-state index in [9.17, 15) is 4.79 Å². The molecule has 2 heterocycles. The maximum Gasteiger partial charge on any atom is 0.271 e. The molecule has 1 N–H and O–H groups in total. The molecule has 1 atom stereocenters. The van der Waals surface area contributed by atoms with Gasteiger partial charge in [-0.3, -0.25) is 14.7 Å². The van der Waals surface area contributed by atoms with Crippen molar-refractivity contribution in [2.24, 2.45) is 0 Å². The second-order valence-electron chi connectivity index (χ2n) is 5.57. The average molecular weight is 291 g/mol. The first-order valence-electron chi connectivity index (χ1n) is 7.63. The molecule has 6 nitrogen and oxygen atoms in total. The van der Waals surface area contributed by atoms with Crippen LogP contribution in [0.1, 0.15) is 30.0 Å². The summed E-state index contributed by atoms with van der Waals surface area (Å²) in [5.41, 5.74) is 1.19. The molecule has 116 valence electrons. The number of hydrogen-bond acceptors (Lipinski definition) is 5. The predicted octanol–water partition coefficient (Wildman–Crippen LogP) is 0.541. The van der Waals surface area contributed by atoms with E-state index in [1.165, 1.54) is 6.20 Å². The summed E-state index contributed by atoms with van der Waals surface area (Å²) >= 11 is 0. The zero-order valence-corrected chi connectivity index (χ0v) is 13.2. The lowest BCUT2D eigenvalue weighted by Crippen LogP contribution is -2.52. The van der Waals surface area contributed by atoms with Gasteiger partial charge in [-0.25, -0.2) is 4.98 Å². The van der Waals surface area contributed by atoms with Crippen LogP contribution in [-0.4, -0.2) is 71.0 Å². The van der Waals surface area contributed by atoms with E-state index in [1.807, 2.05) is 6.92 Å². The maximum atomic E-state index is 12.0. The Morgan fingerprint density at radius 1 is 1.29 bits per heavy atom. The molecule has 1 aromatic heterocycles. The van der Waals surface area contributed by atoms with Crippen LogP contribution in [-0.2, 0) is 0 Å². The van der Waals surface area contributed by atoms with Gasteiger partial charge >= 0.3 is 0 Å². The molecule has 0 radical (unpaired) electrons. The van der Waals surface area contributed by atoms with Crippen LogP contribution >= 0.6 is 0 Å². The van der Waals surface area contributed by atoms with E-state index in [2.05, 4.69) is 38.9 Å². The third-order valence-electron chi connectivity index (χ3n) is 4.05. The number of amides is 1. The Balaban J connectivity index is 1.77. The second-order valence-corrected chi connectivity index (χ2v) is 5.57. The number of carbonyl (C=O) groups is 1. The number of aryl methyl sites for hydroxylation is 1. The molecule has 1 amide bonds. The number of piperazine rings is 1. The first-order chi connectivity index (χ1) is 10.1. The van der Waals surface area contributed by atoms with E-state index in [0.717, 1.165) is 38.4 Å². The summed E-state index contributed by atoms with van der Waals surface area (Å²) < 4.78 is 0. The van der Waals surface area contributed by atoms with Gasteiger partial charge in [0.1, 0.15) is 5.69 Å². The van der Waals surface area contributed by atoms with E-state index in [1.54, 1.807) is 6.20 Å². The third kappa shape index (κ3) is 4.47. The number of likely N-dealkylation sites (N-methyl/N-ethyl adjacent to an activating group) is 1. The molecular formula is C15H25N5O. The summed E-state index contributed by atoms with van der Waals surface area (Å²) in [5, 5.41) is 2.94. The normalized spacial score (nSPS) is 18.4. The zero-order valence-electron chi connectivity index (χ0n) is 13.2. The Kier molecular flexibility index (Phi) is 5.64. The fourth-order valence-electron chi connectivity index (χ4n) is 2.49. The highest BCUT2D eigenvalue weighted by atomic mass is 16.1. The number of nitrogens with one attached hydrogen (secondary N) is 1. The van der Waals surface area contributed by atoms with Crippen LogP contribution in [0.15, 0.2) is 12.4 Å². The average Bonchev–Trinajstić information content (AvgIpc) is 2.53. The molecule has 1 fully saturated rings. The Morgan fingerprint density at radius 3 is 2.57 bits per heavy atom. The van der Waals surface area contributed by atoms with Gasteiger partial charge in [0.25, 0.3) is 5.91 Å². The van der Waals surface area contributed by atoms with E-state index >= 15 is 0 Å². The van der Waals surface area contributed by atoms with Gasteiger partial charge in [0, 0.05) is 45.0 Å². The summed E-state index contributed by atoms with van der Waals surface area (Å²) in [6, 6.07) is 0.339. The van der Waals surface area contributed by atoms with Gasteiger partial charge in [0.2, 0.25) is 0 Å². The van der Waals surface area contributed by atoms with Crippen molar-refractivity contribution in [2.45, 2.75) is 26.8 Å². The van der Waals surface area contributed by atoms with Crippen molar-refractivity contribution >= 4 is 5.91 Å². The van der Waals surface area contributed by atoms with Crippen molar-refractivity contribution in [3.63, 3.8) is 0 Å². The number of hydrogen-bond donors (Lipinski definition) is 1. The largest absolute Gasteiger partial charge is 0.349 e. The van der Waals surface area contributed by atoms with E-state index in [-0.39, 0.29) is 5.91 Å². The molecule has 2 rings (SSSR count). The van der Waals surface area contributed by atoms with E-state index < -0.39 is 0 Å². The minimum absolute atomic E-state index is 0.151. The van der Waals surface area contributed by atoms with Gasteiger partial charge in [-0.2, -0.15) is 0 Å². The van der Waals surface area contributed by atoms with Gasteiger partial charge in [-0.05, 0) is 20.4 Å². The van der Waals surface area contributed by atoms with Crippen LogP contribution < -0.4 is 5.32 Å². The first-order valence-corrected chi connectivity index (χ1v) is 7.63. The summed E-state index contributed by atoms with van der Waals surface area (Å²) in [7, 11) is 0. The molecule has 1 aromatic rings. The Hall–Kier alpha value is -1.53. The van der Waals surface area contributed by atoms with Gasteiger partial charge in [-0.1, -0.05) is 6.92 Å². The SMILES string of the molecule is CCN1CCN([C@H](C)CNC(=O)c2cnc(C)cn2)CC1. The summed E-state index contributed by atoms with van der Waals surface area (Å²) in [6.45, 7) is 12.3. The molecule has 0 aromatic carbocycles. The monoisotopic (exact) mass is 291 g/mol. The minimum atomic E-state index is -0.151. The van der Waals surface area contributed by atoms with Crippen molar-refractivity contribution in [3.05, 3.63) is 23.8 Å². The molecule has 1 aliphatic rings. The molecule has 0 saturated carbocycles. The number of nitrogens with zero attached hydrogens (tertiary/aromatic N) is 4. The van der Waals surface area contributed by atoms with Crippen LogP contribution in [0.5, 0.6) is 0 Å². The lowest BCUT2D eigenvalue weighted by Gasteiger charge is -2.37. The maximum absolute atomic E-state index is 12.0. The molecule has 21 heavy (non-hydrogen) atoms. The predicted molar refractivity (Wildman–Crippen MR) is 82.3 cm³/mol. The highest BCUT2D eigenvalue weighted by Gasteiger charge is 2.20. The number of carbonyl (C=O) groups excluding carboxylic acids is 1. The number of aromatic nitrogens is 2. The van der Waals surface area contributed by atoms with Crippen molar-refractivity contribution in [1.82, 2.24) is 25.1 Å². The van der Waals surface area contributed by atoms with Gasteiger partial charge in [0.05, 0.1) is 11.9 Å². The molecule has 0 aliphatic carbocycles. The van der Waals surface area contributed by atoms with E-state index in [4.69, 9.17) is 0 Å². The minimum Gasteiger partial charge on any atom is -0.349 e.